The van der Waals surface area contributed by atoms with Gasteiger partial charge in [0.2, 0.25) is 0 Å². The first-order valence-electron chi connectivity index (χ1n) is 12.1. The SMILES string of the molecule is CC.CC.CC.CC(C)C.CC(C)C.CC(C)C.c1cn[nH]n1.c1nc[nH]n1.c1nc[nH]n1. The third-order valence-corrected chi connectivity index (χ3v) is 0.994. The van der Waals surface area contributed by atoms with Crippen molar-refractivity contribution >= 4 is 0 Å². The van der Waals surface area contributed by atoms with Crippen LogP contribution in [0.2, 0.25) is 0 Å². The zero-order valence-corrected chi connectivity index (χ0v) is 24.4. The summed E-state index contributed by atoms with van der Waals surface area (Å²) in [5.41, 5.74) is 0. The van der Waals surface area contributed by atoms with Crippen LogP contribution in [0.5, 0.6) is 0 Å². The molecule has 3 heterocycles. The molecule has 0 spiro atoms. The molecule has 0 aliphatic rings. The summed E-state index contributed by atoms with van der Waals surface area (Å²) in [5, 5.41) is 21.3. The second kappa shape index (κ2) is 51.8. The Hall–Kier alpha value is -2.58. The number of hydrogen-bond acceptors (Lipinski definition) is 6. The summed E-state index contributed by atoms with van der Waals surface area (Å²) in [4.78, 5) is 7.11. The van der Waals surface area contributed by atoms with E-state index in [1.165, 1.54) is 25.3 Å². The van der Waals surface area contributed by atoms with Crippen molar-refractivity contribution in [3.63, 3.8) is 0 Å². The first kappa shape index (κ1) is 44.2. The molecule has 0 amide bonds. The molecule has 0 radical (unpaired) electrons. The third-order valence-electron chi connectivity index (χ3n) is 0.994. The summed E-state index contributed by atoms with van der Waals surface area (Å²) >= 11 is 0. The average Bonchev–Trinajstić information content (AvgIpc) is 3.59. The van der Waals surface area contributed by atoms with E-state index in [0.717, 1.165) is 17.8 Å². The summed E-state index contributed by atoms with van der Waals surface area (Å²) in [6, 6.07) is 0. The number of nitrogens with zero attached hydrogens (tertiary/aromatic N) is 6. The fourth-order valence-electron chi connectivity index (χ4n) is 0.500. The normalized spacial score (nSPS) is 7.45. The highest BCUT2D eigenvalue weighted by molar-refractivity contribution is 4.54. The van der Waals surface area contributed by atoms with Crippen LogP contribution in [-0.2, 0) is 0 Å². The highest BCUT2D eigenvalue weighted by Gasteiger charge is 1.69. The smallest absolute Gasteiger partial charge is 0.137 e. The second-order valence-corrected chi connectivity index (χ2v) is 7.16. The lowest BCUT2D eigenvalue weighted by molar-refractivity contribution is 0.736. The van der Waals surface area contributed by atoms with Gasteiger partial charge in [0.1, 0.15) is 25.3 Å². The van der Waals surface area contributed by atoms with Gasteiger partial charge in [-0.1, -0.05) is 104 Å². The molecule has 33 heavy (non-hydrogen) atoms. The molecule has 3 rings (SSSR count). The Balaban J connectivity index is -0.0000000636. The molecule has 0 bridgehead atoms. The molecule has 0 aromatic carbocycles. The Morgan fingerprint density at radius 1 is 0.455 bits per heavy atom. The van der Waals surface area contributed by atoms with Crippen LogP contribution in [0.3, 0.4) is 0 Å². The molecule has 3 aromatic rings. The maximum Gasteiger partial charge on any atom is 0.137 e. The third kappa shape index (κ3) is 143. The number of rotatable bonds is 0. The molecule has 3 N–H and O–H groups in total. The molecule has 0 unspecified atom stereocenters. The number of H-pyrrole nitrogens is 3. The zero-order chi connectivity index (χ0) is 27.3. The van der Waals surface area contributed by atoms with Gasteiger partial charge < -0.3 is 0 Å². The van der Waals surface area contributed by atoms with Gasteiger partial charge in [-0.15, -0.1) is 0 Å². The molecule has 0 saturated heterocycles. The highest BCUT2D eigenvalue weighted by atomic mass is 15.3. The fourth-order valence-corrected chi connectivity index (χ4v) is 0.500. The van der Waals surface area contributed by atoms with E-state index in [0.29, 0.717) is 0 Å². The van der Waals surface area contributed by atoms with E-state index >= 15 is 0 Å². The van der Waals surface area contributed by atoms with Gasteiger partial charge in [-0.2, -0.15) is 25.6 Å². The topological polar surface area (TPSA) is 125 Å². The van der Waals surface area contributed by atoms with Crippen molar-refractivity contribution in [3.8, 4) is 0 Å². The Morgan fingerprint density at radius 2 is 0.697 bits per heavy atom. The monoisotopic (exact) mass is 471 g/mol. The first-order valence-corrected chi connectivity index (χ1v) is 12.1. The molecule has 9 heteroatoms. The molecule has 0 aliphatic carbocycles. The largest absolute Gasteiger partial charge is 0.266 e. The Kier molecular flexibility index (Phi) is 69.3. The predicted molar refractivity (Wildman–Crippen MR) is 145 cm³/mol. The van der Waals surface area contributed by atoms with Crippen LogP contribution in [0, 0.1) is 17.8 Å². The minimum atomic E-state index is 0.833. The minimum absolute atomic E-state index is 0.833. The van der Waals surface area contributed by atoms with Gasteiger partial charge >= 0.3 is 0 Å². The van der Waals surface area contributed by atoms with Crippen molar-refractivity contribution in [1.29, 1.82) is 0 Å². The van der Waals surface area contributed by atoms with Crippen LogP contribution in [0.4, 0.5) is 0 Å². The van der Waals surface area contributed by atoms with Gasteiger partial charge in [-0.05, 0) is 17.8 Å². The molecular weight excluding hydrogens is 414 g/mol. The molecular formula is C24H57N9. The lowest BCUT2D eigenvalue weighted by atomic mass is 10.3. The van der Waals surface area contributed by atoms with E-state index in [9.17, 15) is 0 Å². The maximum absolute atomic E-state index is 3.56. The van der Waals surface area contributed by atoms with Crippen LogP contribution >= 0.6 is 0 Å². The quantitative estimate of drug-likeness (QED) is 0.312. The van der Waals surface area contributed by atoms with Gasteiger partial charge in [0, 0.05) is 0 Å². The summed E-state index contributed by atoms with van der Waals surface area (Å²) in [5.74, 6) is 2.50. The number of aromatic nitrogens is 9. The van der Waals surface area contributed by atoms with Crippen LogP contribution in [0.1, 0.15) is 104 Å². The first-order chi connectivity index (χ1) is 15.7. The lowest BCUT2D eigenvalue weighted by Gasteiger charge is -1.79. The van der Waals surface area contributed by atoms with E-state index in [-0.39, 0.29) is 0 Å². The van der Waals surface area contributed by atoms with Crippen molar-refractivity contribution in [3.05, 3.63) is 37.7 Å². The van der Waals surface area contributed by atoms with Gasteiger partial charge in [-0.3, -0.25) is 10.2 Å². The molecule has 0 atom stereocenters. The highest BCUT2D eigenvalue weighted by Crippen LogP contribution is 1.81. The molecule has 0 fully saturated rings. The van der Waals surface area contributed by atoms with Gasteiger partial charge in [0.15, 0.2) is 0 Å². The van der Waals surface area contributed by atoms with E-state index < -0.39 is 0 Å². The van der Waals surface area contributed by atoms with E-state index in [2.05, 4.69) is 108 Å². The van der Waals surface area contributed by atoms with E-state index in [4.69, 9.17) is 0 Å². The van der Waals surface area contributed by atoms with Gasteiger partial charge in [0.25, 0.3) is 0 Å². The van der Waals surface area contributed by atoms with Crippen molar-refractivity contribution in [2.24, 2.45) is 17.8 Å². The Bertz CT molecular complexity index is 355. The second-order valence-electron chi connectivity index (χ2n) is 7.16. The predicted octanol–water partition coefficient (Wildman–Crippen LogP) is 7.48. The molecule has 3 aromatic heterocycles. The van der Waals surface area contributed by atoms with Gasteiger partial charge in [0.05, 0.1) is 12.4 Å². The number of aromatic amines is 3. The van der Waals surface area contributed by atoms with Crippen LogP contribution in [-0.4, -0.2) is 45.8 Å². The van der Waals surface area contributed by atoms with E-state index in [1.807, 2.05) is 41.5 Å². The molecule has 9 nitrogen and oxygen atoms in total. The number of hydrogen-bond donors (Lipinski definition) is 3. The minimum Gasteiger partial charge on any atom is -0.266 e. The Morgan fingerprint density at radius 3 is 0.758 bits per heavy atom. The molecule has 198 valence electrons. The summed E-state index contributed by atoms with van der Waals surface area (Å²) in [6.07, 6.45) is 9.08. The van der Waals surface area contributed by atoms with Crippen molar-refractivity contribution in [1.82, 2.24) is 45.8 Å². The summed E-state index contributed by atoms with van der Waals surface area (Å²) < 4.78 is 0. The van der Waals surface area contributed by atoms with Crippen LogP contribution in [0.25, 0.3) is 0 Å². The van der Waals surface area contributed by atoms with Gasteiger partial charge in [-0.25, -0.2) is 9.97 Å². The van der Waals surface area contributed by atoms with Crippen LogP contribution in [0.15, 0.2) is 37.7 Å². The zero-order valence-electron chi connectivity index (χ0n) is 24.4. The van der Waals surface area contributed by atoms with E-state index in [1.54, 1.807) is 12.4 Å². The maximum atomic E-state index is 3.56. The van der Waals surface area contributed by atoms with Crippen molar-refractivity contribution in [2.75, 3.05) is 0 Å². The fraction of sp³-hybridized carbons (Fsp3) is 0.750. The van der Waals surface area contributed by atoms with Crippen molar-refractivity contribution < 1.29 is 0 Å². The summed E-state index contributed by atoms with van der Waals surface area (Å²) in [7, 11) is 0. The number of nitrogens with one attached hydrogen (secondary N) is 3. The van der Waals surface area contributed by atoms with Crippen LogP contribution < -0.4 is 0 Å². The van der Waals surface area contributed by atoms with Crippen molar-refractivity contribution in [2.45, 2.75) is 104 Å². The molecule has 0 aliphatic heterocycles. The Labute approximate surface area is 205 Å². The molecule has 0 saturated carbocycles. The average molecular weight is 472 g/mol. The lowest BCUT2D eigenvalue weighted by Crippen LogP contribution is -1.66. The summed E-state index contributed by atoms with van der Waals surface area (Å²) in [6.45, 7) is 31.5. The standard InChI is InChI=1S/3C4H10.3C2H3N3.3C2H6/c3*1-4(2)3;2*1-3-2-5-4-1;1-2-4-5-3-1;3*1-2/h3*4H,1-3H3;3*1-2H,(H,3,4,5);3*1-2H3.